The van der Waals surface area contributed by atoms with Crippen LogP contribution < -0.4 is 9.62 Å². The Hall–Kier alpha value is -3.65. The van der Waals surface area contributed by atoms with Crippen molar-refractivity contribution < 1.29 is 18.0 Å². The summed E-state index contributed by atoms with van der Waals surface area (Å²) in [6.07, 6.45) is 0. The third-order valence-electron chi connectivity index (χ3n) is 6.68. The number of sulfonamides is 1. The lowest BCUT2D eigenvalue weighted by Gasteiger charge is -2.32. The van der Waals surface area contributed by atoms with E-state index < -0.39 is 28.5 Å². The fraction of sp³-hybridized carbons (Fsp3) is 0.310. The Morgan fingerprint density at radius 1 is 0.865 bits per heavy atom. The van der Waals surface area contributed by atoms with Gasteiger partial charge in [-0.05, 0) is 81.1 Å². The smallest absolute Gasteiger partial charge is 0.264 e. The van der Waals surface area contributed by atoms with E-state index in [1.54, 1.807) is 43.3 Å². The van der Waals surface area contributed by atoms with Crippen molar-refractivity contribution in [1.82, 2.24) is 10.2 Å². The molecule has 0 bridgehead atoms. The number of benzene rings is 3. The van der Waals surface area contributed by atoms with Crippen molar-refractivity contribution in [2.75, 3.05) is 17.9 Å². The number of anilines is 1. The monoisotopic (exact) mass is 521 g/mol. The standard InChI is InChI=1S/C29H35N3O4S/c1-20-11-15-27(16-12-20)37(35,36)32(26-14-13-21(2)23(4)17-26)19-28(33)31(24(5)29(34)30-6)18-25-10-8-7-9-22(25)3/h7-17,24H,18-19H2,1-6H3,(H,30,34)/t24-/m0/s1. The molecule has 37 heavy (non-hydrogen) atoms. The van der Waals surface area contributed by atoms with Gasteiger partial charge >= 0.3 is 0 Å². The molecule has 0 aliphatic carbocycles. The number of likely N-dealkylation sites (N-methyl/N-ethyl adjacent to an activating group) is 1. The van der Waals surface area contributed by atoms with Crippen LogP contribution in [0.4, 0.5) is 5.69 Å². The van der Waals surface area contributed by atoms with Crippen LogP contribution >= 0.6 is 0 Å². The SMILES string of the molecule is CNC(=O)[C@H](C)N(Cc1ccccc1C)C(=O)CN(c1ccc(C)c(C)c1)S(=O)(=O)c1ccc(C)cc1. The van der Waals surface area contributed by atoms with Gasteiger partial charge in [0.2, 0.25) is 11.8 Å². The zero-order valence-corrected chi connectivity index (χ0v) is 23.1. The lowest BCUT2D eigenvalue weighted by atomic mass is 10.1. The molecule has 8 heteroatoms. The molecule has 1 N–H and O–H groups in total. The second kappa shape index (κ2) is 11.6. The van der Waals surface area contributed by atoms with Gasteiger partial charge in [0.1, 0.15) is 12.6 Å². The summed E-state index contributed by atoms with van der Waals surface area (Å²) in [6, 6.07) is 18.7. The second-order valence-electron chi connectivity index (χ2n) is 9.33. The number of amides is 2. The average molecular weight is 522 g/mol. The molecular formula is C29H35N3O4S. The third-order valence-corrected chi connectivity index (χ3v) is 8.47. The maximum Gasteiger partial charge on any atom is 0.264 e. The predicted molar refractivity (Wildman–Crippen MR) is 147 cm³/mol. The molecule has 0 spiro atoms. The van der Waals surface area contributed by atoms with Gasteiger partial charge in [0.05, 0.1) is 10.6 Å². The highest BCUT2D eigenvalue weighted by Crippen LogP contribution is 2.27. The van der Waals surface area contributed by atoms with E-state index in [0.717, 1.165) is 32.1 Å². The van der Waals surface area contributed by atoms with Gasteiger partial charge in [-0.2, -0.15) is 0 Å². The molecule has 1 atom stereocenters. The van der Waals surface area contributed by atoms with Crippen LogP contribution in [0, 0.1) is 27.7 Å². The van der Waals surface area contributed by atoms with Crippen LogP contribution in [0.15, 0.2) is 71.6 Å². The van der Waals surface area contributed by atoms with Crippen molar-refractivity contribution in [3.63, 3.8) is 0 Å². The first-order valence-electron chi connectivity index (χ1n) is 12.2. The van der Waals surface area contributed by atoms with Gasteiger partial charge in [-0.3, -0.25) is 13.9 Å². The molecule has 0 saturated heterocycles. The Morgan fingerprint density at radius 2 is 1.51 bits per heavy atom. The summed E-state index contributed by atoms with van der Waals surface area (Å²) in [5, 5.41) is 2.60. The number of rotatable bonds is 9. The summed E-state index contributed by atoms with van der Waals surface area (Å²) in [5.74, 6) is -0.811. The van der Waals surface area contributed by atoms with E-state index in [-0.39, 0.29) is 17.3 Å². The van der Waals surface area contributed by atoms with Gasteiger partial charge in [-0.1, -0.05) is 48.0 Å². The lowest BCUT2D eigenvalue weighted by molar-refractivity contribution is -0.139. The largest absolute Gasteiger partial charge is 0.357 e. The van der Waals surface area contributed by atoms with E-state index in [1.165, 1.54) is 11.9 Å². The second-order valence-corrected chi connectivity index (χ2v) is 11.2. The van der Waals surface area contributed by atoms with E-state index in [0.29, 0.717) is 5.69 Å². The first-order chi connectivity index (χ1) is 17.4. The summed E-state index contributed by atoms with van der Waals surface area (Å²) < 4.78 is 28.8. The minimum Gasteiger partial charge on any atom is -0.357 e. The summed E-state index contributed by atoms with van der Waals surface area (Å²) in [5.41, 5.74) is 5.09. The van der Waals surface area contributed by atoms with Gasteiger partial charge in [-0.15, -0.1) is 0 Å². The minimum atomic E-state index is -4.08. The molecule has 0 unspecified atom stereocenters. The van der Waals surface area contributed by atoms with Crippen molar-refractivity contribution in [2.45, 2.75) is 52.1 Å². The number of hydrogen-bond acceptors (Lipinski definition) is 4. The molecule has 0 aliphatic heterocycles. The number of nitrogens with zero attached hydrogens (tertiary/aromatic N) is 2. The molecule has 196 valence electrons. The van der Waals surface area contributed by atoms with Crippen LogP contribution in [-0.2, 0) is 26.2 Å². The first kappa shape index (κ1) is 27.9. The Labute approximate surface area is 220 Å². The number of carbonyl (C=O) groups is 2. The molecule has 2 amide bonds. The van der Waals surface area contributed by atoms with Crippen molar-refractivity contribution in [3.05, 3.63) is 94.5 Å². The Morgan fingerprint density at radius 3 is 2.11 bits per heavy atom. The molecule has 0 fully saturated rings. The van der Waals surface area contributed by atoms with Gasteiger partial charge in [0.25, 0.3) is 10.0 Å². The van der Waals surface area contributed by atoms with Crippen molar-refractivity contribution in [1.29, 1.82) is 0 Å². The zero-order chi connectivity index (χ0) is 27.3. The molecular weight excluding hydrogens is 486 g/mol. The molecule has 3 aromatic rings. The third kappa shape index (κ3) is 6.38. The van der Waals surface area contributed by atoms with Crippen molar-refractivity contribution in [3.8, 4) is 0 Å². The average Bonchev–Trinajstić information content (AvgIpc) is 2.87. The van der Waals surface area contributed by atoms with Crippen LogP contribution in [-0.4, -0.2) is 44.8 Å². The lowest BCUT2D eigenvalue weighted by Crippen LogP contribution is -2.50. The normalized spacial score (nSPS) is 12.1. The molecule has 0 aromatic heterocycles. The van der Waals surface area contributed by atoms with Gasteiger partial charge < -0.3 is 10.2 Å². The zero-order valence-electron chi connectivity index (χ0n) is 22.3. The van der Waals surface area contributed by atoms with E-state index in [1.807, 2.05) is 58.0 Å². The summed E-state index contributed by atoms with van der Waals surface area (Å²) in [6.45, 7) is 9.02. The van der Waals surface area contributed by atoms with Crippen LogP contribution in [0.1, 0.15) is 34.7 Å². The van der Waals surface area contributed by atoms with E-state index in [4.69, 9.17) is 0 Å². The number of nitrogens with one attached hydrogen (secondary N) is 1. The molecule has 0 saturated carbocycles. The van der Waals surface area contributed by atoms with Gasteiger partial charge in [-0.25, -0.2) is 8.42 Å². The Bertz CT molecular complexity index is 1380. The summed E-state index contributed by atoms with van der Waals surface area (Å²) >= 11 is 0. The number of hydrogen-bond donors (Lipinski definition) is 1. The molecule has 3 aromatic carbocycles. The number of carbonyl (C=O) groups excluding carboxylic acids is 2. The summed E-state index contributed by atoms with van der Waals surface area (Å²) in [4.78, 5) is 27.9. The fourth-order valence-corrected chi connectivity index (χ4v) is 5.42. The van der Waals surface area contributed by atoms with Crippen molar-refractivity contribution in [2.24, 2.45) is 0 Å². The van der Waals surface area contributed by atoms with Crippen LogP contribution in [0.25, 0.3) is 0 Å². The van der Waals surface area contributed by atoms with Crippen LogP contribution in [0.2, 0.25) is 0 Å². The Balaban J connectivity index is 2.07. The quantitative estimate of drug-likeness (QED) is 0.455. The first-order valence-corrected chi connectivity index (χ1v) is 13.6. The van der Waals surface area contributed by atoms with Crippen molar-refractivity contribution >= 4 is 27.5 Å². The van der Waals surface area contributed by atoms with Gasteiger partial charge in [0, 0.05) is 13.6 Å². The Kier molecular flexibility index (Phi) is 8.76. The van der Waals surface area contributed by atoms with E-state index >= 15 is 0 Å². The number of aryl methyl sites for hydroxylation is 4. The van der Waals surface area contributed by atoms with E-state index in [2.05, 4.69) is 5.32 Å². The molecule has 3 rings (SSSR count). The van der Waals surface area contributed by atoms with Crippen LogP contribution in [0.3, 0.4) is 0 Å². The maximum absolute atomic E-state index is 13.8. The highest BCUT2D eigenvalue weighted by atomic mass is 32.2. The molecule has 0 heterocycles. The summed E-state index contributed by atoms with van der Waals surface area (Å²) in [7, 11) is -2.56. The minimum absolute atomic E-state index is 0.0916. The highest BCUT2D eigenvalue weighted by Gasteiger charge is 2.32. The topological polar surface area (TPSA) is 86.8 Å². The molecule has 0 aliphatic rings. The predicted octanol–water partition coefficient (Wildman–Crippen LogP) is 4.28. The fourth-order valence-electron chi connectivity index (χ4n) is 4.01. The highest BCUT2D eigenvalue weighted by molar-refractivity contribution is 7.92. The van der Waals surface area contributed by atoms with E-state index in [9.17, 15) is 18.0 Å². The maximum atomic E-state index is 13.8. The van der Waals surface area contributed by atoms with Gasteiger partial charge in [0.15, 0.2) is 0 Å². The van der Waals surface area contributed by atoms with Crippen LogP contribution in [0.5, 0.6) is 0 Å². The molecule has 7 nitrogen and oxygen atoms in total. The molecule has 0 radical (unpaired) electrons.